The third kappa shape index (κ3) is 4.13. The molecule has 2 aromatic rings. The molecular formula is C15H18ClNS. The third-order valence-electron chi connectivity index (χ3n) is 3.14. The second kappa shape index (κ2) is 6.93. The molecule has 96 valence electrons. The molecule has 18 heavy (non-hydrogen) atoms. The molecule has 3 heteroatoms. The minimum Gasteiger partial charge on any atom is -0.317 e. The first kappa shape index (κ1) is 13.6. The summed E-state index contributed by atoms with van der Waals surface area (Å²) in [5.41, 5.74) is 2.73. The van der Waals surface area contributed by atoms with Crippen molar-refractivity contribution in [2.75, 3.05) is 7.05 Å². The Kier molecular flexibility index (Phi) is 5.24. The van der Waals surface area contributed by atoms with E-state index < -0.39 is 0 Å². The summed E-state index contributed by atoms with van der Waals surface area (Å²) >= 11 is 7.78. The van der Waals surface area contributed by atoms with Crippen molar-refractivity contribution in [3.8, 4) is 0 Å². The van der Waals surface area contributed by atoms with Crippen LogP contribution >= 0.6 is 22.9 Å². The van der Waals surface area contributed by atoms with E-state index in [1.54, 1.807) is 11.3 Å². The second-order valence-corrected chi connectivity index (χ2v) is 5.71. The molecule has 0 saturated heterocycles. The molecule has 0 amide bonds. The third-order valence-corrected chi connectivity index (χ3v) is 4.11. The Bertz CT molecular complexity index is 467. The van der Waals surface area contributed by atoms with Crippen LogP contribution in [-0.4, -0.2) is 13.1 Å². The average molecular weight is 280 g/mol. The molecule has 1 N–H and O–H groups in total. The Labute approximate surface area is 118 Å². The van der Waals surface area contributed by atoms with Crippen LogP contribution in [0.3, 0.4) is 0 Å². The summed E-state index contributed by atoms with van der Waals surface area (Å²) < 4.78 is 0. The number of hydrogen-bond donors (Lipinski definition) is 1. The molecule has 0 fully saturated rings. The Hall–Kier alpha value is -0.830. The summed E-state index contributed by atoms with van der Waals surface area (Å²) in [6, 6.07) is 10.8. The maximum absolute atomic E-state index is 6.01. The van der Waals surface area contributed by atoms with Crippen LogP contribution in [0.1, 0.15) is 17.5 Å². The Morgan fingerprint density at radius 1 is 1.28 bits per heavy atom. The van der Waals surface area contributed by atoms with Gasteiger partial charge in [0.05, 0.1) is 0 Å². The first-order chi connectivity index (χ1) is 8.78. The van der Waals surface area contributed by atoms with Gasteiger partial charge >= 0.3 is 0 Å². The number of hydrogen-bond acceptors (Lipinski definition) is 2. The second-order valence-electron chi connectivity index (χ2n) is 4.49. The highest BCUT2D eigenvalue weighted by Crippen LogP contribution is 2.15. The minimum absolute atomic E-state index is 0.503. The summed E-state index contributed by atoms with van der Waals surface area (Å²) in [5.74, 6) is 0. The maximum Gasteiger partial charge on any atom is 0.0408 e. The normalized spacial score (nSPS) is 12.6. The van der Waals surface area contributed by atoms with Crippen molar-refractivity contribution in [3.05, 3.63) is 57.2 Å². The van der Waals surface area contributed by atoms with Crippen molar-refractivity contribution in [1.29, 1.82) is 0 Å². The fourth-order valence-corrected chi connectivity index (χ4v) is 2.99. The highest BCUT2D eigenvalue weighted by Gasteiger charge is 2.08. The van der Waals surface area contributed by atoms with Gasteiger partial charge in [0.15, 0.2) is 0 Å². The number of halogens is 1. The predicted octanol–water partition coefficient (Wildman–Crippen LogP) is 4.16. The lowest BCUT2D eigenvalue weighted by atomic mass is 10.0. The first-order valence-electron chi connectivity index (χ1n) is 6.20. The van der Waals surface area contributed by atoms with E-state index >= 15 is 0 Å². The average Bonchev–Trinajstić information content (AvgIpc) is 2.87. The lowest BCUT2D eigenvalue weighted by Gasteiger charge is -2.16. The van der Waals surface area contributed by atoms with Gasteiger partial charge in [-0.15, -0.1) is 0 Å². The van der Waals surface area contributed by atoms with Crippen LogP contribution in [0, 0.1) is 0 Å². The molecule has 1 nitrogen and oxygen atoms in total. The Morgan fingerprint density at radius 2 is 2.17 bits per heavy atom. The number of rotatable bonds is 6. The van der Waals surface area contributed by atoms with Crippen molar-refractivity contribution in [2.24, 2.45) is 0 Å². The fraction of sp³-hybridized carbons (Fsp3) is 0.333. The van der Waals surface area contributed by atoms with Crippen LogP contribution in [0.2, 0.25) is 5.02 Å². The van der Waals surface area contributed by atoms with E-state index in [0.29, 0.717) is 6.04 Å². The first-order valence-corrected chi connectivity index (χ1v) is 7.53. The van der Waals surface area contributed by atoms with Gasteiger partial charge < -0.3 is 5.32 Å². The number of thiophene rings is 1. The van der Waals surface area contributed by atoms with Crippen LogP contribution in [0.25, 0.3) is 0 Å². The predicted molar refractivity (Wildman–Crippen MR) is 80.6 cm³/mol. The van der Waals surface area contributed by atoms with Crippen molar-refractivity contribution in [2.45, 2.75) is 25.3 Å². The molecule has 0 radical (unpaired) electrons. The monoisotopic (exact) mass is 279 g/mol. The van der Waals surface area contributed by atoms with E-state index in [-0.39, 0.29) is 0 Å². The van der Waals surface area contributed by atoms with E-state index in [1.165, 1.54) is 11.1 Å². The molecule has 1 aromatic carbocycles. The van der Waals surface area contributed by atoms with Gasteiger partial charge in [0, 0.05) is 11.1 Å². The summed E-state index contributed by atoms with van der Waals surface area (Å²) in [5, 5.41) is 8.58. The van der Waals surface area contributed by atoms with Crippen molar-refractivity contribution < 1.29 is 0 Å². The summed E-state index contributed by atoms with van der Waals surface area (Å²) in [6.45, 7) is 0. The standard InChI is InChI=1S/C15H18ClNS/c1-17-15(6-5-12-7-8-18-11-12)10-13-3-2-4-14(16)9-13/h2-4,7-9,11,15,17H,5-6,10H2,1H3. The quantitative estimate of drug-likeness (QED) is 0.837. The van der Waals surface area contributed by atoms with E-state index in [9.17, 15) is 0 Å². The van der Waals surface area contributed by atoms with Crippen molar-refractivity contribution >= 4 is 22.9 Å². The van der Waals surface area contributed by atoms with E-state index in [2.05, 4.69) is 34.3 Å². The van der Waals surface area contributed by atoms with Crippen molar-refractivity contribution in [1.82, 2.24) is 5.32 Å². The Balaban J connectivity index is 1.89. The molecule has 0 saturated carbocycles. The van der Waals surface area contributed by atoms with E-state index in [4.69, 9.17) is 11.6 Å². The smallest absolute Gasteiger partial charge is 0.0408 e. The van der Waals surface area contributed by atoms with Gasteiger partial charge in [0.25, 0.3) is 0 Å². The van der Waals surface area contributed by atoms with Gasteiger partial charge in [-0.3, -0.25) is 0 Å². The molecule has 1 aromatic heterocycles. The maximum atomic E-state index is 6.01. The van der Waals surface area contributed by atoms with Crippen molar-refractivity contribution in [3.63, 3.8) is 0 Å². The van der Waals surface area contributed by atoms with Crippen LogP contribution in [0.5, 0.6) is 0 Å². The van der Waals surface area contributed by atoms with Gasteiger partial charge in [-0.2, -0.15) is 11.3 Å². The zero-order chi connectivity index (χ0) is 12.8. The minimum atomic E-state index is 0.503. The largest absolute Gasteiger partial charge is 0.317 e. The van der Waals surface area contributed by atoms with Gasteiger partial charge in [-0.25, -0.2) is 0 Å². The lowest BCUT2D eigenvalue weighted by Crippen LogP contribution is -2.28. The zero-order valence-electron chi connectivity index (χ0n) is 10.5. The van der Waals surface area contributed by atoms with Crippen LogP contribution in [-0.2, 0) is 12.8 Å². The zero-order valence-corrected chi connectivity index (χ0v) is 12.1. The summed E-state index contributed by atoms with van der Waals surface area (Å²) in [7, 11) is 2.03. The van der Waals surface area contributed by atoms with Crippen LogP contribution < -0.4 is 5.32 Å². The molecular weight excluding hydrogens is 262 g/mol. The van der Waals surface area contributed by atoms with Gasteiger partial charge in [0.1, 0.15) is 0 Å². The lowest BCUT2D eigenvalue weighted by molar-refractivity contribution is 0.520. The number of aryl methyl sites for hydroxylation is 1. The number of nitrogens with one attached hydrogen (secondary N) is 1. The molecule has 2 rings (SSSR count). The van der Waals surface area contributed by atoms with Gasteiger partial charge in [-0.1, -0.05) is 23.7 Å². The molecule has 0 bridgehead atoms. The number of likely N-dealkylation sites (N-methyl/N-ethyl adjacent to an activating group) is 1. The molecule has 1 atom stereocenters. The molecule has 0 aliphatic rings. The van der Waals surface area contributed by atoms with Gasteiger partial charge in [-0.05, 0) is 66.4 Å². The molecule has 0 spiro atoms. The summed E-state index contributed by atoms with van der Waals surface area (Å²) in [4.78, 5) is 0. The van der Waals surface area contributed by atoms with E-state index in [0.717, 1.165) is 24.3 Å². The molecule has 0 aliphatic carbocycles. The highest BCUT2D eigenvalue weighted by atomic mass is 35.5. The number of benzene rings is 1. The topological polar surface area (TPSA) is 12.0 Å². The molecule has 0 aliphatic heterocycles. The van der Waals surface area contributed by atoms with E-state index in [1.807, 2.05) is 19.2 Å². The Morgan fingerprint density at radius 3 is 2.83 bits per heavy atom. The SMILES string of the molecule is CNC(CCc1ccsc1)Cc1cccc(Cl)c1. The molecule has 1 heterocycles. The van der Waals surface area contributed by atoms with Crippen LogP contribution in [0.4, 0.5) is 0 Å². The summed E-state index contributed by atoms with van der Waals surface area (Å²) in [6.07, 6.45) is 3.32. The molecule has 1 unspecified atom stereocenters. The highest BCUT2D eigenvalue weighted by molar-refractivity contribution is 7.07. The van der Waals surface area contributed by atoms with Crippen LogP contribution in [0.15, 0.2) is 41.1 Å². The van der Waals surface area contributed by atoms with Gasteiger partial charge in [0.2, 0.25) is 0 Å². The fourth-order valence-electron chi connectivity index (χ4n) is 2.07.